The van der Waals surface area contributed by atoms with E-state index in [1.807, 2.05) is 0 Å². The SMILES string of the molecule is CC(=O)O[C@@H]1C[C@@]2(C)C(CCC2C2(C)OCCO2)C2C[C@H]3O[C@]34CC3(CC[C@]4(C)C21)OCCO3. The second kappa shape index (κ2) is 6.97. The molecule has 190 valence electrons. The van der Waals surface area contributed by atoms with Gasteiger partial charge in [-0.15, -0.1) is 0 Å². The fraction of sp³-hybridized carbons (Fsp3) is 0.963. The number of carbonyl (C=O) groups is 1. The van der Waals surface area contributed by atoms with Crippen LogP contribution in [-0.4, -0.2) is 61.8 Å². The predicted octanol–water partition coefficient (Wildman–Crippen LogP) is 3.82. The topological polar surface area (TPSA) is 75.8 Å². The van der Waals surface area contributed by atoms with Crippen molar-refractivity contribution >= 4 is 5.97 Å². The van der Waals surface area contributed by atoms with Crippen LogP contribution < -0.4 is 0 Å². The van der Waals surface area contributed by atoms with E-state index in [0.717, 1.165) is 38.5 Å². The molecule has 3 heterocycles. The molecular weight excluding hydrogens is 436 g/mol. The molecule has 4 saturated carbocycles. The molecule has 0 aromatic carbocycles. The summed E-state index contributed by atoms with van der Waals surface area (Å²) < 4.78 is 37.6. The molecule has 0 aromatic rings. The number of epoxide rings is 1. The number of hydrogen-bond donors (Lipinski definition) is 0. The summed E-state index contributed by atoms with van der Waals surface area (Å²) in [7, 11) is 0. The highest BCUT2D eigenvalue weighted by Gasteiger charge is 2.80. The lowest BCUT2D eigenvalue weighted by Crippen LogP contribution is -2.65. The molecule has 7 fully saturated rings. The Morgan fingerprint density at radius 3 is 2.35 bits per heavy atom. The minimum Gasteiger partial charge on any atom is -0.462 e. The summed E-state index contributed by atoms with van der Waals surface area (Å²) in [4.78, 5) is 12.4. The highest BCUT2D eigenvalue weighted by Crippen LogP contribution is 2.76. The van der Waals surface area contributed by atoms with Crippen LogP contribution in [0.15, 0.2) is 0 Å². The third-order valence-electron chi connectivity index (χ3n) is 11.6. The Labute approximate surface area is 202 Å². The summed E-state index contributed by atoms with van der Waals surface area (Å²) >= 11 is 0. The van der Waals surface area contributed by atoms with Crippen LogP contribution in [0.4, 0.5) is 0 Å². The Hall–Kier alpha value is -0.730. The first-order chi connectivity index (χ1) is 16.1. The third-order valence-corrected chi connectivity index (χ3v) is 11.6. The van der Waals surface area contributed by atoms with Crippen molar-refractivity contribution in [3.8, 4) is 0 Å². The summed E-state index contributed by atoms with van der Waals surface area (Å²) in [6, 6.07) is 0. The maximum Gasteiger partial charge on any atom is 0.302 e. The molecule has 34 heavy (non-hydrogen) atoms. The number of hydrogen-bond acceptors (Lipinski definition) is 7. The van der Waals surface area contributed by atoms with E-state index in [4.69, 9.17) is 28.4 Å². The molecule has 7 nitrogen and oxygen atoms in total. The smallest absolute Gasteiger partial charge is 0.302 e. The molecule has 3 aliphatic heterocycles. The molecule has 7 heteroatoms. The Morgan fingerprint density at radius 1 is 0.941 bits per heavy atom. The normalized spacial score (nSPS) is 54.1. The van der Waals surface area contributed by atoms with E-state index < -0.39 is 11.6 Å². The highest BCUT2D eigenvalue weighted by atomic mass is 16.7. The van der Waals surface area contributed by atoms with Crippen LogP contribution in [0, 0.1) is 34.5 Å². The summed E-state index contributed by atoms with van der Waals surface area (Å²) in [6.07, 6.45) is 7.02. The van der Waals surface area contributed by atoms with E-state index in [2.05, 4.69) is 20.8 Å². The monoisotopic (exact) mass is 476 g/mol. The second-order valence-corrected chi connectivity index (χ2v) is 12.9. The lowest BCUT2D eigenvalue weighted by molar-refractivity contribution is -0.252. The first-order valence-electron chi connectivity index (χ1n) is 13.6. The van der Waals surface area contributed by atoms with Crippen molar-refractivity contribution in [1.82, 2.24) is 0 Å². The number of carbonyl (C=O) groups excluding carboxylic acids is 1. The van der Waals surface area contributed by atoms with Crippen molar-refractivity contribution in [2.24, 2.45) is 34.5 Å². The van der Waals surface area contributed by atoms with Crippen LogP contribution in [0.3, 0.4) is 0 Å². The Bertz CT molecular complexity index is 878. The van der Waals surface area contributed by atoms with Crippen LogP contribution in [0.1, 0.15) is 72.6 Å². The van der Waals surface area contributed by atoms with Gasteiger partial charge in [0.1, 0.15) is 11.7 Å². The lowest BCUT2D eigenvalue weighted by atomic mass is 9.43. The quantitative estimate of drug-likeness (QED) is 0.443. The molecular formula is C27H40O7. The minimum atomic E-state index is -0.538. The molecule has 4 unspecified atom stereocenters. The summed E-state index contributed by atoms with van der Waals surface area (Å²) in [5, 5.41) is 0. The van der Waals surface area contributed by atoms with E-state index in [9.17, 15) is 4.79 Å². The maximum absolute atomic E-state index is 12.4. The fourth-order valence-corrected chi connectivity index (χ4v) is 10.4. The van der Waals surface area contributed by atoms with Gasteiger partial charge in [0, 0.05) is 37.0 Å². The van der Waals surface area contributed by atoms with E-state index >= 15 is 0 Å². The number of esters is 1. The maximum atomic E-state index is 12.4. The molecule has 0 amide bonds. The minimum absolute atomic E-state index is 0.0131. The Balaban J connectivity index is 1.26. The lowest BCUT2D eigenvalue weighted by Gasteiger charge is -2.62. The zero-order valence-corrected chi connectivity index (χ0v) is 21.1. The van der Waals surface area contributed by atoms with Crippen molar-refractivity contribution in [2.45, 2.75) is 102 Å². The number of ether oxygens (including phenoxy) is 6. The summed E-state index contributed by atoms with van der Waals surface area (Å²) in [6.45, 7) is 11.2. The van der Waals surface area contributed by atoms with Gasteiger partial charge in [-0.3, -0.25) is 4.79 Å². The number of rotatable bonds is 2. The van der Waals surface area contributed by atoms with Crippen molar-refractivity contribution < 1.29 is 33.2 Å². The van der Waals surface area contributed by atoms with E-state index in [1.54, 1.807) is 6.92 Å². The molecule has 0 radical (unpaired) electrons. The first-order valence-corrected chi connectivity index (χ1v) is 13.6. The highest BCUT2D eigenvalue weighted by molar-refractivity contribution is 5.66. The van der Waals surface area contributed by atoms with Gasteiger partial charge in [0.15, 0.2) is 11.6 Å². The van der Waals surface area contributed by atoms with Crippen molar-refractivity contribution in [3.63, 3.8) is 0 Å². The van der Waals surface area contributed by atoms with Crippen molar-refractivity contribution in [1.29, 1.82) is 0 Å². The van der Waals surface area contributed by atoms with Crippen molar-refractivity contribution in [3.05, 3.63) is 0 Å². The van der Waals surface area contributed by atoms with Crippen LogP contribution in [-0.2, 0) is 33.2 Å². The van der Waals surface area contributed by atoms with Crippen molar-refractivity contribution in [2.75, 3.05) is 26.4 Å². The second-order valence-electron chi connectivity index (χ2n) is 12.9. The fourth-order valence-electron chi connectivity index (χ4n) is 10.4. The van der Waals surface area contributed by atoms with Crippen LogP contribution >= 0.6 is 0 Å². The number of fused-ring (bicyclic) bond motifs is 4. The van der Waals surface area contributed by atoms with E-state index in [1.165, 1.54) is 6.42 Å². The van der Waals surface area contributed by atoms with E-state index in [-0.39, 0.29) is 34.6 Å². The van der Waals surface area contributed by atoms with Gasteiger partial charge in [0.25, 0.3) is 0 Å². The predicted molar refractivity (Wildman–Crippen MR) is 121 cm³/mol. The Morgan fingerprint density at radius 2 is 1.65 bits per heavy atom. The molecule has 3 saturated heterocycles. The zero-order chi connectivity index (χ0) is 23.6. The van der Waals surface area contributed by atoms with Crippen LogP contribution in [0.5, 0.6) is 0 Å². The van der Waals surface area contributed by atoms with Gasteiger partial charge in [0.05, 0.1) is 32.5 Å². The summed E-state index contributed by atoms with van der Waals surface area (Å²) in [5.41, 5.74) is -0.255. The van der Waals surface area contributed by atoms with Gasteiger partial charge < -0.3 is 28.4 Å². The average molecular weight is 477 g/mol. The van der Waals surface area contributed by atoms with Gasteiger partial charge >= 0.3 is 5.97 Å². The first kappa shape index (κ1) is 22.5. The third kappa shape index (κ3) is 2.74. The van der Waals surface area contributed by atoms with Gasteiger partial charge in [-0.2, -0.15) is 0 Å². The molecule has 0 bridgehead atoms. The largest absolute Gasteiger partial charge is 0.462 e. The molecule has 7 aliphatic rings. The molecule has 0 N–H and O–H groups in total. The standard InChI is InChI=1S/C27H40O7/c1-16(28)33-19-14-23(2)18(5-6-20(23)25(4)29-9-10-30-25)17-13-21-27(34-21)15-26(31-11-12-32-26)8-7-24(27,3)22(17)19/h17-22H,5-15H2,1-4H3/t17?,18?,19-,20?,21-,22?,23+,24-,27-/m1/s1. The van der Waals surface area contributed by atoms with Gasteiger partial charge in [-0.1, -0.05) is 13.8 Å². The molecule has 7 rings (SSSR count). The molecule has 4 aliphatic carbocycles. The average Bonchev–Trinajstić information content (AvgIpc) is 3.12. The van der Waals surface area contributed by atoms with Gasteiger partial charge in [-0.05, 0) is 56.3 Å². The zero-order valence-electron chi connectivity index (χ0n) is 21.1. The van der Waals surface area contributed by atoms with Gasteiger partial charge in [-0.25, -0.2) is 0 Å². The Kier molecular flexibility index (Phi) is 4.61. The van der Waals surface area contributed by atoms with E-state index in [0.29, 0.717) is 50.1 Å². The van der Waals surface area contributed by atoms with Crippen LogP contribution in [0.25, 0.3) is 0 Å². The van der Waals surface area contributed by atoms with Crippen LogP contribution in [0.2, 0.25) is 0 Å². The summed E-state index contributed by atoms with van der Waals surface area (Å²) in [5.74, 6) is 0.446. The molecule has 0 aromatic heterocycles. The molecule has 2 spiro atoms. The van der Waals surface area contributed by atoms with Gasteiger partial charge in [0.2, 0.25) is 0 Å². The molecule has 9 atom stereocenters.